The Bertz CT molecular complexity index is 1600. The predicted octanol–water partition coefficient (Wildman–Crippen LogP) is 9.89. The zero-order valence-electron chi connectivity index (χ0n) is 28.8. The number of para-hydroxylation sites is 2. The van der Waals surface area contributed by atoms with Crippen molar-refractivity contribution in [3.8, 4) is 22.3 Å². The molecule has 0 aliphatic heterocycles. The number of hydrogen-bond donors (Lipinski definition) is 2. The van der Waals surface area contributed by atoms with Crippen LogP contribution in [0.5, 0.6) is 0 Å². The molecule has 2 aliphatic rings. The smallest absolute Gasteiger partial charge is 0.261 e. The quantitative estimate of drug-likeness (QED) is 0.0847. The van der Waals surface area contributed by atoms with Gasteiger partial charge in [-0.15, -0.1) is 35.9 Å². The summed E-state index contributed by atoms with van der Waals surface area (Å²) in [6.45, 7) is 0. The molecule has 0 heterocycles. The topological polar surface area (TPSA) is 69.6 Å². The second kappa shape index (κ2) is 20.2. The fraction of sp³-hybridized carbons (Fsp3) is 0.400. The maximum atomic E-state index is 9.19. The molecule has 6 rings (SSSR count). The van der Waals surface area contributed by atoms with Gasteiger partial charge in [-0.2, -0.15) is 8.42 Å². The van der Waals surface area contributed by atoms with Crippen molar-refractivity contribution in [1.29, 1.82) is 0 Å². The summed E-state index contributed by atoms with van der Waals surface area (Å²) in [6, 6.07) is 37.9. The summed E-state index contributed by atoms with van der Waals surface area (Å²) in [6.07, 6.45) is 15.3. The second-order valence-electron chi connectivity index (χ2n) is 12.7. The van der Waals surface area contributed by atoms with Crippen LogP contribution >= 0.6 is 7.92 Å². The van der Waals surface area contributed by atoms with Crippen LogP contribution in [0, 0.1) is 6.07 Å². The molecule has 5 nitrogen and oxygen atoms in total. The molecule has 2 fully saturated rings. The zero-order valence-corrected chi connectivity index (χ0v) is 32.1. The van der Waals surface area contributed by atoms with E-state index < -0.39 is 10.1 Å². The minimum Gasteiger partial charge on any atom is -0.395 e. The van der Waals surface area contributed by atoms with Crippen LogP contribution in [-0.2, 0) is 30.5 Å². The van der Waals surface area contributed by atoms with E-state index in [1.54, 1.807) is 5.30 Å². The number of nitrogens with zero attached hydrogens (tertiary/aromatic N) is 1. The minimum absolute atomic E-state index is 0. The Morgan fingerprint density at radius 3 is 1.71 bits per heavy atom. The van der Waals surface area contributed by atoms with Crippen molar-refractivity contribution in [3.05, 3.63) is 103 Å². The van der Waals surface area contributed by atoms with E-state index in [1.807, 2.05) is 37.4 Å². The minimum atomic E-state index is -3.67. The van der Waals surface area contributed by atoms with Gasteiger partial charge in [0.05, 0.1) is 6.26 Å². The molecule has 4 aromatic rings. The van der Waals surface area contributed by atoms with Crippen molar-refractivity contribution in [2.45, 2.75) is 75.5 Å². The van der Waals surface area contributed by atoms with E-state index in [2.05, 4.69) is 97.1 Å². The largest absolute Gasteiger partial charge is 0.395 e. The monoisotopic (exact) mass is 777 g/mol. The van der Waals surface area contributed by atoms with Gasteiger partial charge < -0.3 is 10.2 Å². The summed E-state index contributed by atoms with van der Waals surface area (Å²) in [5.74, 6) is 0. The standard InChI is InChI=1S/C26H36NP.C13H12N.CH4O3S.Pd/c1-27(2)25-19-11-9-17-23(25)24-18-10-12-20-26(24)28(21-13-5-3-6-14-21)22-15-7-4-8-16-22;1-14-13-10-6-5-9-12(13)11-7-3-2-4-8-11;1-5(2,3)4;/h9-12,17-22H,3-8,13-16H2,1-2H3;2-7,9-10,14H,1H3;1H3,(H,2,3,4);/q;-1;;. The number of benzene rings is 4. The molecule has 0 spiro atoms. The van der Waals surface area contributed by atoms with Gasteiger partial charge in [-0.05, 0) is 65.7 Å². The molecule has 0 bridgehead atoms. The van der Waals surface area contributed by atoms with Crippen LogP contribution in [0.15, 0.2) is 97.1 Å². The molecule has 262 valence electrons. The van der Waals surface area contributed by atoms with E-state index in [0.29, 0.717) is 6.26 Å². The Kier molecular flexibility index (Phi) is 16.8. The first-order valence-corrected chi connectivity index (χ1v) is 20.3. The van der Waals surface area contributed by atoms with Crippen LogP contribution in [0.25, 0.3) is 22.3 Å². The number of hydrogen-bond acceptors (Lipinski definition) is 4. The van der Waals surface area contributed by atoms with Crippen molar-refractivity contribution in [2.75, 3.05) is 37.6 Å². The number of rotatable bonds is 7. The molecule has 0 atom stereocenters. The summed E-state index contributed by atoms with van der Waals surface area (Å²) in [4.78, 5) is 2.27. The second-order valence-corrected chi connectivity index (χ2v) is 16.9. The van der Waals surface area contributed by atoms with Crippen LogP contribution in [0.4, 0.5) is 11.4 Å². The van der Waals surface area contributed by atoms with E-state index in [4.69, 9.17) is 4.55 Å². The summed E-state index contributed by atoms with van der Waals surface area (Å²) in [5.41, 5.74) is 9.61. The van der Waals surface area contributed by atoms with Gasteiger partial charge >= 0.3 is 0 Å². The fourth-order valence-corrected chi connectivity index (χ4v) is 10.9. The normalized spacial score (nSPS) is 15.2. The van der Waals surface area contributed by atoms with E-state index in [1.165, 1.54) is 86.6 Å². The van der Waals surface area contributed by atoms with Gasteiger partial charge in [0.15, 0.2) is 0 Å². The fourth-order valence-electron chi connectivity index (χ4n) is 6.92. The summed E-state index contributed by atoms with van der Waals surface area (Å²) < 4.78 is 25.9. The molecule has 0 aromatic heterocycles. The van der Waals surface area contributed by atoms with Crippen LogP contribution in [0.3, 0.4) is 0 Å². The van der Waals surface area contributed by atoms with Gasteiger partial charge in [0.25, 0.3) is 10.1 Å². The van der Waals surface area contributed by atoms with E-state index >= 15 is 0 Å². The molecule has 0 radical (unpaired) electrons. The van der Waals surface area contributed by atoms with Crippen molar-refractivity contribution in [1.82, 2.24) is 0 Å². The van der Waals surface area contributed by atoms with Gasteiger partial charge in [0.2, 0.25) is 0 Å². The van der Waals surface area contributed by atoms with Crippen LogP contribution in [0.2, 0.25) is 0 Å². The van der Waals surface area contributed by atoms with E-state index in [-0.39, 0.29) is 28.3 Å². The SMILES string of the molecule is CN(C)c1ccccc1-c1ccccc1P(C1CCCCC1)C1CCCCC1.CNc1ccccc1-c1[c-]cccc1.CS(=O)(=O)O.[Pd]. The first kappa shape index (κ1) is 39.9. The van der Waals surface area contributed by atoms with E-state index in [0.717, 1.165) is 22.6 Å². The van der Waals surface area contributed by atoms with E-state index in [9.17, 15) is 8.42 Å². The predicted molar refractivity (Wildman–Crippen MR) is 204 cm³/mol. The molecule has 2 saturated carbocycles. The molecule has 8 heteroatoms. The first-order chi connectivity index (χ1) is 22.7. The van der Waals surface area contributed by atoms with Crippen molar-refractivity contribution in [2.24, 2.45) is 0 Å². The number of nitrogens with one attached hydrogen (secondary N) is 1. The molecule has 2 N–H and O–H groups in total. The molecule has 4 aromatic carbocycles. The zero-order chi connectivity index (χ0) is 33.6. The maximum absolute atomic E-state index is 9.19. The summed E-state index contributed by atoms with van der Waals surface area (Å²) in [7, 11) is 2.53. The van der Waals surface area contributed by atoms with Gasteiger partial charge in [-0.1, -0.05) is 113 Å². The molecule has 48 heavy (non-hydrogen) atoms. The van der Waals surface area contributed by atoms with Gasteiger partial charge in [-0.25, -0.2) is 0 Å². The maximum Gasteiger partial charge on any atom is 0.261 e. The van der Waals surface area contributed by atoms with Crippen molar-refractivity contribution < 1.29 is 33.4 Å². The van der Waals surface area contributed by atoms with Gasteiger partial charge in [-0.3, -0.25) is 4.55 Å². The summed E-state index contributed by atoms with van der Waals surface area (Å²) in [5, 5.41) is 4.87. The third kappa shape index (κ3) is 12.1. The molecular weight excluding hydrogens is 726 g/mol. The Morgan fingerprint density at radius 2 is 1.19 bits per heavy atom. The molecule has 0 amide bonds. The molecule has 0 saturated heterocycles. The third-order valence-corrected chi connectivity index (χ3v) is 12.5. The molecule has 0 unspecified atom stereocenters. The third-order valence-electron chi connectivity index (χ3n) is 8.99. The average Bonchev–Trinajstić information content (AvgIpc) is 3.09. The first-order valence-electron chi connectivity index (χ1n) is 17.0. The van der Waals surface area contributed by atoms with Crippen LogP contribution in [0.1, 0.15) is 64.2 Å². The Balaban J connectivity index is 0.000000261. The van der Waals surface area contributed by atoms with Gasteiger partial charge in [0, 0.05) is 52.8 Å². The number of anilines is 2. The van der Waals surface area contributed by atoms with Gasteiger partial charge in [0.1, 0.15) is 0 Å². The van der Waals surface area contributed by atoms with Crippen molar-refractivity contribution in [3.63, 3.8) is 0 Å². The average molecular weight is 778 g/mol. The Hall–Kier alpha value is -2.52. The molecule has 2 aliphatic carbocycles. The summed E-state index contributed by atoms with van der Waals surface area (Å²) >= 11 is 0. The Morgan fingerprint density at radius 1 is 0.708 bits per heavy atom. The van der Waals surface area contributed by atoms with Crippen LogP contribution < -0.4 is 15.5 Å². The Labute approximate surface area is 305 Å². The van der Waals surface area contributed by atoms with Crippen molar-refractivity contribution >= 4 is 34.7 Å². The molecular formula is C40H52N2O3PPdS-. The van der Waals surface area contributed by atoms with Crippen LogP contribution in [-0.4, -0.2) is 51.7 Å².